The number of benzene rings is 2. The van der Waals surface area contributed by atoms with E-state index in [2.05, 4.69) is 11.1 Å². The number of allylic oxidation sites excluding steroid dienone is 1. The summed E-state index contributed by atoms with van der Waals surface area (Å²) in [5.41, 5.74) is 5.37. The van der Waals surface area contributed by atoms with Crippen molar-refractivity contribution < 1.29 is 19.1 Å². The molecule has 0 spiro atoms. The zero-order valence-electron chi connectivity index (χ0n) is 19.7. The summed E-state index contributed by atoms with van der Waals surface area (Å²) in [6.45, 7) is 3.51. The quantitative estimate of drug-likeness (QED) is 0.464. The first-order valence-corrected chi connectivity index (χ1v) is 11.7. The molecule has 0 amide bonds. The zero-order chi connectivity index (χ0) is 25.1. The second kappa shape index (κ2) is 10.0. The molecule has 2 aromatic carbocycles. The highest BCUT2D eigenvalue weighted by atomic mass is 32.1. The summed E-state index contributed by atoms with van der Waals surface area (Å²) in [5, 5.41) is 11.8. The van der Waals surface area contributed by atoms with E-state index in [0.29, 0.717) is 22.5 Å². The Bertz CT molecular complexity index is 1400. The third kappa shape index (κ3) is 4.63. The van der Waals surface area contributed by atoms with Crippen LogP contribution in [-0.4, -0.2) is 36.9 Å². The maximum atomic E-state index is 12.8. The second-order valence-electron chi connectivity index (χ2n) is 8.07. The smallest absolute Gasteiger partial charge is 0.336 e. The van der Waals surface area contributed by atoms with Crippen LogP contribution in [0.25, 0.3) is 21.8 Å². The van der Waals surface area contributed by atoms with Gasteiger partial charge in [-0.3, -0.25) is 9.79 Å². The van der Waals surface area contributed by atoms with Gasteiger partial charge in [-0.1, -0.05) is 30.3 Å². The largest absolute Gasteiger partial charge is 0.468 e. The molecule has 35 heavy (non-hydrogen) atoms. The van der Waals surface area contributed by atoms with Crippen LogP contribution in [0.2, 0.25) is 0 Å². The van der Waals surface area contributed by atoms with Crippen LogP contribution in [0.15, 0.2) is 70.2 Å². The van der Waals surface area contributed by atoms with Crippen LogP contribution < -0.4 is 0 Å². The molecule has 0 bridgehead atoms. The average Bonchev–Trinajstić information content (AvgIpc) is 3.38. The van der Waals surface area contributed by atoms with Gasteiger partial charge in [0.2, 0.25) is 0 Å². The predicted molar refractivity (Wildman–Crippen MR) is 134 cm³/mol. The lowest BCUT2D eigenvalue weighted by atomic mass is 9.75. The highest BCUT2D eigenvalue weighted by molar-refractivity contribution is 7.13. The Kier molecular flexibility index (Phi) is 6.90. The summed E-state index contributed by atoms with van der Waals surface area (Å²) < 4.78 is 10.1. The molecule has 8 heteroatoms. The highest BCUT2D eigenvalue weighted by Crippen LogP contribution is 2.41. The van der Waals surface area contributed by atoms with E-state index in [1.807, 2.05) is 41.8 Å². The van der Waals surface area contributed by atoms with E-state index in [4.69, 9.17) is 19.7 Å². The number of aliphatic imine (C=N–C) groups is 1. The molecule has 2 heterocycles. The number of carbonyl (C=O) groups is 2. The van der Waals surface area contributed by atoms with Gasteiger partial charge >= 0.3 is 11.9 Å². The van der Waals surface area contributed by atoms with E-state index in [0.717, 1.165) is 27.4 Å². The van der Waals surface area contributed by atoms with Gasteiger partial charge in [0.1, 0.15) is 10.9 Å². The number of hydrogen-bond donors (Lipinski definition) is 0. The van der Waals surface area contributed by atoms with Gasteiger partial charge in [-0.2, -0.15) is 5.26 Å². The summed E-state index contributed by atoms with van der Waals surface area (Å²) >= 11 is 1.49. The number of nitriles is 1. The first-order chi connectivity index (χ1) is 16.9. The van der Waals surface area contributed by atoms with Crippen LogP contribution in [-0.2, 0) is 19.1 Å². The molecule has 4 rings (SSSR count). The number of aromatic nitrogens is 1. The Labute approximate surface area is 207 Å². The number of rotatable bonds is 5. The van der Waals surface area contributed by atoms with Crippen molar-refractivity contribution in [3.05, 3.63) is 76.3 Å². The fourth-order valence-electron chi connectivity index (χ4n) is 4.32. The molecule has 176 valence electrons. The van der Waals surface area contributed by atoms with Crippen LogP contribution in [0.5, 0.6) is 0 Å². The topological polar surface area (TPSA) is 102 Å². The number of nitrogens with zero attached hydrogens (tertiary/aromatic N) is 3. The molecule has 0 N–H and O–H groups in total. The van der Waals surface area contributed by atoms with Gasteiger partial charge in [-0.15, -0.1) is 11.3 Å². The van der Waals surface area contributed by atoms with Crippen LogP contribution >= 0.6 is 11.3 Å². The maximum absolute atomic E-state index is 12.8. The molecule has 2 unspecified atom stereocenters. The molecule has 7 nitrogen and oxygen atoms in total. The fourth-order valence-corrected chi connectivity index (χ4v) is 5.15. The Morgan fingerprint density at radius 1 is 1.03 bits per heavy atom. The van der Waals surface area contributed by atoms with Gasteiger partial charge in [0.05, 0.1) is 37.1 Å². The number of ether oxygens (including phenoxy) is 2. The molecule has 0 fully saturated rings. The van der Waals surface area contributed by atoms with E-state index in [9.17, 15) is 9.59 Å². The molecule has 2 atom stereocenters. The second-order valence-corrected chi connectivity index (χ2v) is 8.93. The molecule has 1 aliphatic heterocycles. The van der Waals surface area contributed by atoms with Crippen molar-refractivity contribution in [1.82, 2.24) is 4.98 Å². The first kappa shape index (κ1) is 24.0. The monoisotopic (exact) mass is 485 g/mol. The third-order valence-corrected chi connectivity index (χ3v) is 6.89. The van der Waals surface area contributed by atoms with Gasteiger partial charge in [0.15, 0.2) is 0 Å². The molecule has 3 aromatic rings. The zero-order valence-corrected chi connectivity index (χ0v) is 20.6. The molecule has 0 saturated carbocycles. The van der Waals surface area contributed by atoms with E-state index >= 15 is 0 Å². The number of thiazole rings is 1. The van der Waals surface area contributed by atoms with Crippen LogP contribution in [0.4, 0.5) is 0 Å². The van der Waals surface area contributed by atoms with Gasteiger partial charge < -0.3 is 9.47 Å². The Hall–Kier alpha value is -4.09. The van der Waals surface area contributed by atoms with Crippen LogP contribution in [0.3, 0.4) is 0 Å². The summed E-state index contributed by atoms with van der Waals surface area (Å²) in [4.78, 5) is 34.8. The van der Waals surface area contributed by atoms with Gasteiger partial charge in [-0.25, -0.2) is 9.78 Å². The van der Waals surface area contributed by atoms with Crippen molar-refractivity contribution in [2.45, 2.75) is 19.8 Å². The van der Waals surface area contributed by atoms with Crippen molar-refractivity contribution in [2.75, 3.05) is 14.2 Å². The number of methoxy groups -OCH3 is 2. The Morgan fingerprint density at radius 2 is 1.77 bits per heavy atom. The Balaban J connectivity index is 1.77. The van der Waals surface area contributed by atoms with Crippen molar-refractivity contribution in [1.29, 1.82) is 5.26 Å². The van der Waals surface area contributed by atoms with Gasteiger partial charge in [0, 0.05) is 33.8 Å². The minimum absolute atomic E-state index is 0.336. The first-order valence-electron chi connectivity index (χ1n) is 10.9. The van der Waals surface area contributed by atoms with Gasteiger partial charge in [-0.05, 0) is 37.6 Å². The lowest BCUT2D eigenvalue weighted by molar-refractivity contribution is -0.143. The van der Waals surface area contributed by atoms with Crippen molar-refractivity contribution in [3.8, 4) is 27.9 Å². The van der Waals surface area contributed by atoms with E-state index < -0.39 is 23.8 Å². The highest BCUT2D eigenvalue weighted by Gasteiger charge is 2.42. The number of hydrogen-bond acceptors (Lipinski definition) is 8. The molecule has 1 aromatic heterocycles. The van der Waals surface area contributed by atoms with Crippen molar-refractivity contribution in [3.63, 3.8) is 0 Å². The standard InChI is InChI=1S/C27H23N3O4S/c1-15-22(26(31)33-3)24(23(16(2)29-15)27(32)34-4)19-6-5-7-20(12-19)25-30-21(14-35-25)18-10-8-17(13-28)9-11-18/h5-12,14,22,24H,1-4H3. The Morgan fingerprint density at radius 3 is 2.43 bits per heavy atom. The average molecular weight is 486 g/mol. The van der Waals surface area contributed by atoms with E-state index in [-0.39, 0.29) is 0 Å². The van der Waals surface area contributed by atoms with E-state index in [1.165, 1.54) is 25.6 Å². The lowest BCUT2D eigenvalue weighted by Crippen LogP contribution is -2.36. The molecule has 0 saturated heterocycles. The van der Waals surface area contributed by atoms with E-state index in [1.54, 1.807) is 26.0 Å². The predicted octanol–water partition coefficient (Wildman–Crippen LogP) is 5.14. The summed E-state index contributed by atoms with van der Waals surface area (Å²) in [6.07, 6.45) is 0. The summed E-state index contributed by atoms with van der Waals surface area (Å²) in [6, 6.07) is 17.0. The summed E-state index contributed by atoms with van der Waals surface area (Å²) in [5.74, 6) is -2.35. The van der Waals surface area contributed by atoms with Crippen LogP contribution in [0.1, 0.15) is 30.9 Å². The van der Waals surface area contributed by atoms with Crippen LogP contribution in [0, 0.1) is 17.2 Å². The molecule has 0 radical (unpaired) electrons. The minimum Gasteiger partial charge on any atom is -0.468 e. The number of carbonyl (C=O) groups excluding carboxylic acids is 2. The van der Waals surface area contributed by atoms with Crippen molar-refractivity contribution >= 4 is 29.0 Å². The SMILES string of the molecule is COC(=O)C1=C(C)N=C(C)C(C(=O)OC)C1c1cccc(-c2nc(-c3ccc(C#N)cc3)cs2)c1. The molecule has 1 aliphatic rings. The lowest BCUT2D eigenvalue weighted by Gasteiger charge is -2.31. The van der Waals surface area contributed by atoms with Crippen molar-refractivity contribution in [2.24, 2.45) is 10.9 Å². The fraction of sp³-hybridized carbons (Fsp3) is 0.222. The number of esters is 2. The minimum atomic E-state index is -0.751. The molecular weight excluding hydrogens is 462 g/mol. The van der Waals surface area contributed by atoms with Gasteiger partial charge in [0.25, 0.3) is 0 Å². The molecular formula is C27H23N3O4S. The third-order valence-electron chi connectivity index (χ3n) is 6.00. The molecule has 0 aliphatic carbocycles. The summed E-state index contributed by atoms with van der Waals surface area (Å²) in [7, 11) is 2.64. The normalized spacial score (nSPS) is 17.4. The maximum Gasteiger partial charge on any atom is 0.336 e.